The van der Waals surface area contributed by atoms with Gasteiger partial charge in [-0.3, -0.25) is 4.90 Å². The maximum atomic E-state index is 6.39. The second kappa shape index (κ2) is 8.53. The van der Waals surface area contributed by atoms with Gasteiger partial charge in [-0.2, -0.15) is 4.98 Å². The van der Waals surface area contributed by atoms with Crippen LogP contribution < -0.4 is 4.74 Å². The second-order valence-electron chi connectivity index (χ2n) is 7.82. The predicted octanol–water partition coefficient (Wildman–Crippen LogP) is 4.29. The first-order valence-electron chi connectivity index (χ1n) is 10.4. The quantitative estimate of drug-likeness (QED) is 0.467. The number of likely N-dealkylation sites (tertiary alicyclic amines) is 1. The number of rotatable bonds is 6. The van der Waals surface area contributed by atoms with E-state index in [4.69, 9.17) is 9.72 Å². The van der Waals surface area contributed by atoms with E-state index in [0.717, 1.165) is 61.6 Å². The smallest absolute Gasteiger partial charge is 0.226 e. The van der Waals surface area contributed by atoms with Crippen LogP contribution in [0.1, 0.15) is 29.9 Å². The average molecular weight is 420 g/mol. The molecule has 0 spiro atoms. The van der Waals surface area contributed by atoms with E-state index in [0.29, 0.717) is 5.88 Å². The molecule has 3 aromatic heterocycles. The monoisotopic (exact) mass is 419 g/mol. The number of hydrogen-bond donors (Lipinski definition) is 0. The number of piperidine rings is 1. The van der Waals surface area contributed by atoms with E-state index in [1.54, 1.807) is 11.3 Å². The fourth-order valence-corrected chi connectivity index (χ4v) is 4.58. The molecule has 1 fully saturated rings. The van der Waals surface area contributed by atoms with Gasteiger partial charge in [0.25, 0.3) is 0 Å². The van der Waals surface area contributed by atoms with Gasteiger partial charge in [0.05, 0.1) is 16.6 Å². The minimum Gasteiger partial charge on any atom is -0.474 e. The first-order valence-corrected chi connectivity index (χ1v) is 11.3. The lowest BCUT2D eigenvalue weighted by atomic mass is 10.1. The molecule has 6 nitrogen and oxygen atoms in total. The molecule has 0 saturated carbocycles. The second-order valence-corrected chi connectivity index (χ2v) is 8.53. The third-order valence-corrected chi connectivity index (χ3v) is 6.21. The Morgan fingerprint density at radius 2 is 1.90 bits per heavy atom. The Hall–Kier alpha value is -2.77. The molecule has 0 radical (unpaired) electrons. The molecule has 0 bridgehead atoms. The Bertz CT molecular complexity index is 1100. The van der Waals surface area contributed by atoms with Crippen molar-refractivity contribution in [2.45, 2.75) is 39.0 Å². The topological polar surface area (TPSA) is 56.1 Å². The van der Waals surface area contributed by atoms with Crippen LogP contribution in [0.2, 0.25) is 0 Å². The minimum atomic E-state index is 0.187. The first kappa shape index (κ1) is 19.2. The highest BCUT2D eigenvalue weighted by atomic mass is 32.1. The third kappa shape index (κ3) is 4.22. The van der Waals surface area contributed by atoms with Crippen molar-refractivity contribution in [2.24, 2.45) is 0 Å². The normalized spacial score (nSPS) is 15.6. The number of benzene rings is 1. The average Bonchev–Trinajstić information content (AvgIpc) is 3.41. The van der Waals surface area contributed by atoms with Gasteiger partial charge in [-0.25, -0.2) is 9.97 Å². The Kier molecular flexibility index (Phi) is 5.46. The highest BCUT2D eigenvalue weighted by Crippen LogP contribution is 2.27. The zero-order chi connectivity index (χ0) is 20.3. The summed E-state index contributed by atoms with van der Waals surface area (Å²) in [6.07, 6.45) is 4.26. The summed E-state index contributed by atoms with van der Waals surface area (Å²) in [5.41, 5.74) is 5.24. The largest absolute Gasteiger partial charge is 0.474 e. The molecule has 0 atom stereocenters. The summed E-state index contributed by atoms with van der Waals surface area (Å²) in [7, 11) is 0. The number of hydrogen-bond acceptors (Lipinski definition) is 6. The highest BCUT2D eigenvalue weighted by Gasteiger charge is 2.23. The molecule has 0 amide bonds. The Labute approximate surface area is 180 Å². The minimum absolute atomic E-state index is 0.187. The maximum Gasteiger partial charge on any atom is 0.226 e. The van der Waals surface area contributed by atoms with E-state index in [-0.39, 0.29) is 6.10 Å². The molecular weight excluding hydrogens is 394 g/mol. The highest BCUT2D eigenvalue weighted by molar-refractivity contribution is 7.07. The molecule has 154 valence electrons. The molecule has 0 unspecified atom stereocenters. The van der Waals surface area contributed by atoms with Crippen molar-refractivity contribution in [3.63, 3.8) is 0 Å². The van der Waals surface area contributed by atoms with Crippen molar-refractivity contribution in [3.8, 4) is 5.88 Å². The SMILES string of the molecule is Cc1nc(OC2CCN(Cc3cscn3)CC2)c2ccn(Cc3ccccc3)c2n1. The molecule has 1 aromatic carbocycles. The fraction of sp³-hybridized carbons (Fsp3) is 0.348. The lowest BCUT2D eigenvalue weighted by Gasteiger charge is -2.31. The van der Waals surface area contributed by atoms with Crippen LogP contribution in [0.15, 0.2) is 53.5 Å². The van der Waals surface area contributed by atoms with Gasteiger partial charge in [0.1, 0.15) is 17.6 Å². The van der Waals surface area contributed by atoms with E-state index >= 15 is 0 Å². The molecule has 4 aromatic rings. The van der Waals surface area contributed by atoms with Crippen LogP contribution in [0.25, 0.3) is 11.0 Å². The van der Waals surface area contributed by atoms with E-state index in [1.807, 2.05) is 18.5 Å². The maximum absolute atomic E-state index is 6.39. The standard InChI is InChI=1S/C23H25N5OS/c1-17-25-22-21(9-12-28(22)13-18-5-3-2-4-6-18)23(26-17)29-20-7-10-27(11-8-20)14-19-15-30-16-24-19/h2-6,9,12,15-16,20H,7-8,10-11,13-14H2,1H3. The molecule has 4 heterocycles. The van der Waals surface area contributed by atoms with Crippen molar-refractivity contribution < 1.29 is 4.74 Å². The zero-order valence-electron chi connectivity index (χ0n) is 17.1. The molecule has 0 aliphatic carbocycles. The number of aryl methyl sites for hydroxylation is 1. The molecular formula is C23H25N5OS. The molecule has 1 saturated heterocycles. The lowest BCUT2D eigenvalue weighted by Crippen LogP contribution is -2.38. The van der Waals surface area contributed by atoms with Crippen molar-refractivity contribution >= 4 is 22.4 Å². The van der Waals surface area contributed by atoms with E-state index < -0.39 is 0 Å². The number of ether oxygens (including phenoxy) is 1. The predicted molar refractivity (Wildman–Crippen MR) is 119 cm³/mol. The molecule has 0 N–H and O–H groups in total. The van der Waals surface area contributed by atoms with Gasteiger partial charge in [0.2, 0.25) is 5.88 Å². The van der Waals surface area contributed by atoms with Gasteiger partial charge in [-0.15, -0.1) is 11.3 Å². The van der Waals surface area contributed by atoms with Crippen molar-refractivity contribution in [3.05, 3.63) is 70.6 Å². The van der Waals surface area contributed by atoms with Crippen LogP contribution in [0.4, 0.5) is 0 Å². The van der Waals surface area contributed by atoms with Gasteiger partial charge in [0.15, 0.2) is 0 Å². The van der Waals surface area contributed by atoms with Crippen LogP contribution in [-0.4, -0.2) is 43.6 Å². The Balaban J connectivity index is 1.29. The van der Waals surface area contributed by atoms with Crippen LogP contribution in [0, 0.1) is 6.92 Å². The molecule has 1 aliphatic heterocycles. The summed E-state index contributed by atoms with van der Waals surface area (Å²) in [5.74, 6) is 1.45. The van der Waals surface area contributed by atoms with Crippen LogP contribution in [0.5, 0.6) is 5.88 Å². The van der Waals surface area contributed by atoms with Gasteiger partial charge in [-0.1, -0.05) is 30.3 Å². The lowest BCUT2D eigenvalue weighted by molar-refractivity contribution is 0.0938. The van der Waals surface area contributed by atoms with Gasteiger partial charge in [-0.05, 0) is 31.4 Å². The van der Waals surface area contributed by atoms with Crippen molar-refractivity contribution in [1.82, 2.24) is 24.4 Å². The summed E-state index contributed by atoms with van der Waals surface area (Å²) in [5, 5.41) is 3.12. The Morgan fingerprint density at radius 1 is 1.07 bits per heavy atom. The number of nitrogens with zero attached hydrogens (tertiary/aromatic N) is 5. The Morgan fingerprint density at radius 3 is 2.67 bits per heavy atom. The van der Waals surface area contributed by atoms with Crippen LogP contribution in [0.3, 0.4) is 0 Å². The van der Waals surface area contributed by atoms with Gasteiger partial charge < -0.3 is 9.30 Å². The summed E-state index contributed by atoms with van der Waals surface area (Å²) in [4.78, 5) is 16.2. The molecule has 5 rings (SSSR count). The van der Waals surface area contributed by atoms with E-state index in [1.165, 1.54) is 5.56 Å². The summed E-state index contributed by atoms with van der Waals surface area (Å²) in [6.45, 7) is 5.68. The first-order chi connectivity index (χ1) is 14.7. The summed E-state index contributed by atoms with van der Waals surface area (Å²) < 4.78 is 8.56. The molecule has 7 heteroatoms. The molecule has 30 heavy (non-hydrogen) atoms. The van der Waals surface area contributed by atoms with Gasteiger partial charge >= 0.3 is 0 Å². The fourth-order valence-electron chi connectivity index (χ4n) is 4.03. The number of fused-ring (bicyclic) bond motifs is 1. The third-order valence-electron chi connectivity index (χ3n) is 5.57. The summed E-state index contributed by atoms with van der Waals surface area (Å²) in [6, 6.07) is 12.5. The van der Waals surface area contributed by atoms with E-state index in [2.05, 4.69) is 61.3 Å². The van der Waals surface area contributed by atoms with Gasteiger partial charge in [0, 0.05) is 37.8 Å². The number of aromatic nitrogens is 4. The van der Waals surface area contributed by atoms with Crippen molar-refractivity contribution in [1.29, 1.82) is 0 Å². The van der Waals surface area contributed by atoms with Crippen LogP contribution >= 0.6 is 11.3 Å². The number of thiazole rings is 1. The zero-order valence-corrected chi connectivity index (χ0v) is 17.9. The van der Waals surface area contributed by atoms with Crippen LogP contribution in [-0.2, 0) is 13.1 Å². The molecule has 1 aliphatic rings. The van der Waals surface area contributed by atoms with E-state index in [9.17, 15) is 0 Å². The summed E-state index contributed by atoms with van der Waals surface area (Å²) >= 11 is 1.66. The van der Waals surface area contributed by atoms with Crippen molar-refractivity contribution in [2.75, 3.05) is 13.1 Å².